The van der Waals surface area contributed by atoms with Gasteiger partial charge in [0.2, 0.25) is 0 Å². The van der Waals surface area contributed by atoms with E-state index in [1.807, 2.05) is 0 Å². The summed E-state index contributed by atoms with van der Waals surface area (Å²) in [4.78, 5) is 12.2. The lowest BCUT2D eigenvalue weighted by Gasteiger charge is -1.95. The predicted molar refractivity (Wildman–Crippen MR) is 61.4 cm³/mol. The molecular formula is C12H9FO2S. The summed E-state index contributed by atoms with van der Waals surface area (Å²) in [6.07, 6.45) is 0. The van der Waals surface area contributed by atoms with E-state index in [1.54, 1.807) is 12.1 Å². The SMILES string of the molecule is CC(=O)c1sc(-c2ccc(F)cc2)cc1O. The zero-order chi connectivity index (χ0) is 11.7. The highest BCUT2D eigenvalue weighted by atomic mass is 32.1. The minimum Gasteiger partial charge on any atom is -0.506 e. The molecule has 0 amide bonds. The molecule has 0 aliphatic carbocycles. The normalized spacial score (nSPS) is 10.4. The molecular weight excluding hydrogens is 227 g/mol. The first kappa shape index (κ1) is 10.8. The molecule has 1 N–H and O–H groups in total. The van der Waals surface area contributed by atoms with Gasteiger partial charge < -0.3 is 5.11 Å². The molecule has 0 saturated heterocycles. The predicted octanol–water partition coefficient (Wildman–Crippen LogP) is 3.46. The van der Waals surface area contributed by atoms with Crippen molar-refractivity contribution in [2.75, 3.05) is 0 Å². The molecule has 2 aromatic rings. The van der Waals surface area contributed by atoms with E-state index in [2.05, 4.69) is 0 Å². The van der Waals surface area contributed by atoms with E-state index in [0.717, 1.165) is 10.4 Å². The van der Waals surface area contributed by atoms with Crippen LogP contribution < -0.4 is 0 Å². The highest BCUT2D eigenvalue weighted by Crippen LogP contribution is 2.35. The molecule has 1 heterocycles. The Morgan fingerprint density at radius 2 is 1.94 bits per heavy atom. The fourth-order valence-corrected chi connectivity index (χ4v) is 2.34. The van der Waals surface area contributed by atoms with Crippen molar-refractivity contribution in [2.24, 2.45) is 0 Å². The largest absolute Gasteiger partial charge is 0.506 e. The second-order valence-corrected chi connectivity index (χ2v) is 4.44. The number of carbonyl (C=O) groups is 1. The molecule has 0 atom stereocenters. The average Bonchev–Trinajstić information content (AvgIpc) is 2.61. The van der Waals surface area contributed by atoms with Crippen LogP contribution in [0.2, 0.25) is 0 Å². The Labute approximate surface area is 96.0 Å². The second kappa shape index (κ2) is 4.06. The third-order valence-electron chi connectivity index (χ3n) is 2.16. The number of hydrogen-bond donors (Lipinski definition) is 1. The van der Waals surface area contributed by atoms with Gasteiger partial charge in [-0.2, -0.15) is 0 Å². The molecule has 4 heteroatoms. The highest BCUT2D eigenvalue weighted by molar-refractivity contribution is 7.17. The summed E-state index contributed by atoms with van der Waals surface area (Å²) in [7, 11) is 0. The zero-order valence-electron chi connectivity index (χ0n) is 8.53. The van der Waals surface area contributed by atoms with E-state index in [-0.39, 0.29) is 17.3 Å². The van der Waals surface area contributed by atoms with Gasteiger partial charge >= 0.3 is 0 Å². The Morgan fingerprint density at radius 1 is 1.31 bits per heavy atom. The van der Waals surface area contributed by atoms with Crippen molar-refractivity contribution in [1.82, 2.24) is 0 Å². The maximum atomic E-state index is 12.7. The molecule has 1 aromatic carbocycles. The van der Waals surface area contributed by atoms with Crippen LogP contribution in [0.5, 0.6) is 5.75 Å². The summed E-state index contributed by atoms with van der Waals surface area (Å²) in [6.45, 7) is 1.40. The van der Waals surface area contributed by atoms with Gasteiger partial charge in [-0.05, 0) is 23.8 Å². The van der Waals surface area contributed by atoms with Crippen LogP contribution in [0.25, 0.3) is 10.4 Å². The van der Waals surface area contributed by atoms with Gasteiger partial charge in [-0.15, -0.1) is 11.3 Å². The van der Waals surface area contributed by atoms with Gasteiger partial charge in [0, 0.05) is 11.8 Å². The summed E-state index contributed by atoms with van der Waals surface area (Å²) in [6, 6.07) is 7.45. The van der Waals surface area contributed by atoms with E-state index in [4.69, 9.17) is 0 Å². The monoisotopic (exact) mass is 236 g/mol. The Bertz CT molecular complexity index is 528. The first-order valence-electron chi connectivity index (χ1n) is 4.67. The van der Waals surface area contributed by atoms with Crippen LogP contribution in [0.4, 0.5) is 4.39 Å². The summed E-state index contributed by atoms with van der Waals surface area (Å²) in [5.41, 5.74) is 0.786. The molecule has 0 fully saturated rings. The smallest absolute Gasteiger partial charge is 0.173 e. The van der Waals surface area contributed by atoms with Gasteiger partial charge in [-0.1, -0.05) is 12.1 Å². The standard InChI is InChI=1S/C12H9FO2S/c1-7(14)12-10(15)6-11(16-12)8-2-4-9(13)5-3-8/h2-6,15H,1H3. The number of carbonyl (C=O) groups excluding carboxylic acids is 1. The molecule has 0 aliphatic rings. The Hall–Kier alpha value is -1.68. The van der Waals surface area contributed by atoms with Crippen molar-refractivity contribution in [3.63, 3.8) is 0 Å². The molecule has 0 saturated carbocycles. The topological polar surface area (TPSA) is 37.3 Å². The Kier molecular flexibility index (Phi) is 2.75. The lowest BCUT2D eigenvalue weighted by atomic mass is 10.2. The first-order valence-corrected chi connectivity index (χ1v) is 5.49. The minimum atomic E-state index is -0.309. The van der Waals surface area contributed by atoms with E-state index in [0.29, 0.717) is 4.88 Å². The third kappa shape index (κ3) is 1.97. The number of rotatable bonds is 2. The van der Waals surface area contributed by atoms with Crippen LogP contribution in [0, 0.1) is 5.82 Å². The fraction of sp³-hybridized carbons (Fsp3) is 0.0833. The Balaban J connectivity index is 2.45. The van der Waals surface area contributed by atoms with Crippen LogP contribution in [0.15, 0.2) is 30.3 Å². The first-order chi connectivity index (χ1) is 7.58. The average molecular weight is 236 g/mol. The fourth-order valence-electron chi connectivity index (χ4n) is 1.39. The number of aromatic hydroxyl groups is 1. The van der Waals surface area contributed by atoms with Crippen LogP contribution in [-0.2, 0) is 0 Å². The summed E-state index contributed by atoms with van der Waals surface area (Å²) >= 11 is 1.20. The van der Waals surface area contributed by atoms with Crippen LogP contribution in [0.3, 0.4) is 0 Å². The number of Topliss-reactive ketones (excluding diaryl/α,β-unsaturated/α-hetero) is 1. The number of halogens is 1. The van der Waals surface area contributed by atoms with Gasteiger partial charge in [-0.3, -0.25) is 4.79 Å². The Morgan fingerprint density at radius 3 is 2.44 bits per heavy atom. The van der Waals surface area contributed by atoms with Crippen LogP contribution in [-0.4, -0.2) is 10.9 Å². The molecule has 2 nitrogen and oxygen atoms in total. The van der Waals surface area contributed by atoms with E-state index >= 15 is 0 Å². The van der Waals surface area contributed by atoms with Crippen molar-refractivity contribution >= 4 is 17.1 Å². The second-order valence-electron chi connectivity index (χ2n) is 3.39. The van der Waals surface area contributed by atoms with Crippen LogP contribution >= 0.6 is 11.3 Å². The lowest BCUT2D eigenvalue weighted by Crippen LogP contribution is -1.85. The molecule has 0 radical (unpaired) electrons. The number of hydrogen-bond acceptors (Lipinski definition) is 3. The van der Waals surface area contributed by atoms with Crippen molar-refractivity contribution in [2.45, 2.75) is 6.92 Å². The lowest BCUT2D eigenvalue weighted by molar-refractivity contribution is 0.101. The van der Waals surface area contributed by atoms with Crippen molar-refractivity contribution in [1.29, 1.82) is 0 Å². The van der Waals surface area contributed by atoms with E-state index in [1.165, 1.54) is 36.5 Å². The summed E-state index contributed by atoms with van der Waals surface area (Å²) in [5, 5.41) is 9.53. The number of thiophene rings is 1. The van der Waals surface area contributed by atoms with Crippen molar-refractivity contribution in [3.8, 4) is 16.2 Å². The number of ketones is 1. The zero-order valence-corrected chi connectivity index (χ0v) is 9.34. The molecule has 0 bridgehead atoms. The number of benzene rings is 1. The van der Waals surface area contributed by atoms with E-state index in [9.17, 15) is 14.3 Å². The molecule has 82 valence electrons. The molecule has 0 aliphatic heterocycles. The highest BCUT2D eigenvalue weighted by Gasteiger charge is 2.12. The molecule has 2 rings (SSSR count). The van der Waals surface area contributed by atoms with Gasteiger partial charge in [0.25, 0.3) is 0 Å². The third-order valence-corrected chi connectivity index (χ3v) is 3.44. The molecule has 16 heavy (non-hydrogen) atoms. The minimum absolute atomic E-state index is 0.0168. The summed E-state index contributed by atoms with van der Waals surface area (Å²) < 4.78 is 12.7. The maximum Gasteiger partial charge on any atom is 0.173 e. The van der Waals surface area contributed by atoms with Crippen molar-refractivity contribution < 1.29 is 14.3 Å². The maximum absolute atomic E-state index is 12.7. The van der Waals surface area contributed by atoms with Gasteiger partial charge in [0.1, 0.15) is 16.4 Å². The van der Waals surface area contributed by atoms with Gasteiger partial charge in [0.15, 0.2) is 5.78 Å². The van der Waals surface area contributed by atoms with Gasteiger partial charge in [-0.25, -0.2) is 4.39 Å². The van der Waals surface area contributed by atoms with Crippen molar-refractivity contribution in [3.05, 3.63) is 41.0 Å². The molecule has 0 spiro atoms. The van der Waals surface area contributed by atoms with E-state index < -0.39 is 0 Å². The van der Waals surface area contributed by atoms with Gasteiger partial charge in [0.05, 0.1) is 0 Å². The quantitative estimate of drug-likeness (QED) is 0.811. The molecule has 1 aromatic heterocycles. The van der Waals surface area contributed by atoms with Crippen LogP contribution in [0.1, 0.15) is 16.6 Å². The summed E-state index contributed by atoms with van der Waals surface area (Å²) in [5.74, 6) is -0.496. The molecule has 0 unspecified atom stereocenters.